The number of para-hydroxylation sites is 1. The number of rotatable bonds is 6. The van der Waals surface area contributed by atoms with Crippen LogP contribution in [0.2, 0.25) is 0 Å². The highest BCUT2D eigenvalue weighted by molar-refractivity contribution is 5.94. The summed E-state index contributed by atoms with van der Waals surface area (Å²) in [5.41, 5.74) is 0.664. The molecule has 0 N–H and O–H groups in total. The first-order valence-electron chi connectivity index (χ1n) is 9.28. The summed E-state index contributed by atoms with van der Waals surface area (Å²) in [7, 11) is 1.98. The summed E-state index contributed by atoms with van der Waals surface area (Å²) in [5, 5.41) is 0. The minimum absolute atomic E-state index is 0.0886. The van der Waals surface area contributed by atoms with Gasteiger partial charge in [-0.2, -0.15) is 0 Å². The van der Waals surface area contributed by atoms with Crippen molar-refractivity contribution in [2.75, 3.05) is 38.2 Å². The molecule has 2 aromatic rings. The van der Waals surface area contributed by atoms with Gasteiger partial charge < -0.3 is 14.5 Å². The molecule has 1 amide bonds. The first-order chi connectivity index (χ1) is 12.6. The second-order valence-corrected chi connectivity index (χ2v) is 6.99. The molecule has 1 aromatic carbocycles. The van der Waals surface area contributed by atoms with Gasteiger partial charge >= 0.3 is 0 Å². The number of hydrogen-bond acceptors (Lipinski definition) is 4. The number of likely N-dealkylation sites (N-methyl/N-ethyl adjacent to an activating group) is 1. The zero-order valence-corrected chi connectivity index (χ0v) is 15.6. The van der Waals surface area contributed by atoms with Crippen LogP contribution < -0.4 is 9.64 Å². The van der Waals surface area contributed by atoms with Crippen LogP contribution in [0.15, 0.2) is 48.7 Å². The molecular weight excluding hydrogens is 326 g/mol. The van der Waals surface area contributed by atoms with E-state index >= 15 is 0 Å². The molecule has 5 heteroatoms. The van der Waals surface area contributed by atoms with Crippen LogP contribution >= 0.6 is 0 Å². The molecule has 1 aliphatic heterocycles. The Morgan fingerprint density at radius 2 is 2.08 bits per heavy atom. The van der Waals surface area contributed by atoms with E-state index < -0.39 is 0 Å². The van der Waals surface area contributed by atoms with E-state index in [1.54, 1.807) is 6.20 Å². The number of pyridine rings is 1. The van der Waals surface area contributed by atoms with Crippen LogP contribution in [0.25, 0.3) is 0 Å². The predicted octanol–water partition coefficient (Wildman–Crippen LogP) is 3.47. The largest absolute Gasteiger partial charge is 0.492 e. The third-order valence-electron chi connectivity index (χ3n) is 4.77. The predicted molar refractivity (Wildman–Crippen MR) is 104 cm³/mol. The summed E-state index contributed by atoms with van der Waals surface area (Å²) >= 11 is 0. The fourth-order valence-electron chi connectivity index (χ4n) is 3.23. The molecule has 3 rings (SSSR count). The molecule has 26 heavy (non-hydrogen) atoms. The van der Waals surface area contributed by atoms with Gasteiger partial charge in [-0.05, 0) is 43.0 Å². The monoisotopic (exact) mass is 353 g/mol. The second-order valence-electron chi connectivity index (χ2n) is 6.99. The lowest BCUT2D eigenvalue weighted by atomic mass is 10.00. The van der Waals surface area contributed by atoms with E-state index in [2.05, 4.69) is 11.9 Å². The number of benzene rings is 1. The fourth-order valence-corrected chi connectivity index (χ4v) is 3.23. The van der Waals surface area contributed by atoms with Crippen LogP contribution in [0.3, 0.4) is 0 Å². The van der Waals surface area contributed by atoms with Gasteiger partial charge in [-0.25, -0.2) is 4.98 Å². The average Bonchev–Trinajstić information content (AvgIpc) is 2.68. The van der Waals surface area contributed by atoms with Crippen LogP contribution in [-0.4, -0.2) is 49.1 Å². The van der Waals surface area contributed by atoms with Crippen molar-refractivity contribution in [2.45, 2.75) is 19.8 Å². The Hall–Kier alpha value is -2.56. The summed E-state index contributed by atoms with van der Waals surface area (Å²) in [5.74, 6) is 2.37. The zero-order valence-electron chi connectivity index (χ0n) is 15.6. The van der Waals surface area contributed by atoms with Gasteiger partial charge in [-0.1, -0.05) is 25.1 Å². The smallest absolute Gasteiger partial charge is 0.255 e. The number of carbonyl (C=O) groups excluding carboxylic acids is 1. The van der Waals surface area contributed by atoms with Gasteiger partial charge in [0.15, 0.2) is 0 Å². The molecule has 0 radical (unpaired) electrons. The summed E-state index contributed by atoms with van der Waals surface area (Å²) in [6.45, 7) is 5.19. The number of nitrogens with zero attached hydrogens (tertiary/aromatic N) is 3. The highest BCUT2D eigenvalue weighted by atomic mass is 16.5. The number of carbonyl (C=O) groups is 1. The molecule has 0 aliphatic carbocycles. The molecule has 1 fully saturated rings. The molecule has 1 aromatic heterocycles. The van der Waals surface area contributed by atoms with Gasteiger partial charge in [0.25, 0.3) is 5.91 Å². The topological polar surface area (TPSA) is 45.7 Å². The maximum atomic E-state index is 12.6. The Labute approximate surface area is 155 Å². The quantitative estimate of drug-likeness (QED) is 0.798. The zero-order chi connectivity index (χ0) is 18.4. The van der Waals surface area contributed by atoms with E-state index in [4.69, 9.17) is 4.74 Å². The highest BCUT2D eigenvalue weighted by Crippen LogP contribution is 2.18. The molecule has 0 saturated carbocycles. The number of ether oxygens (including phenoxy) is 1. The molecular formula is C21H27N3O2. The minimum Gasteiger partial charge on any atom is -0.492 e. The summed E-state index contributed by atoms with van der Waals surface area (Å²) < 4.78 is 5.72. The van der Waals surface area contributed by atoms with Gasteiger partial charge in [0.2, 0.25) is 0 Å². The van der Waals surface area contributed by atoms with Crippen molar-refractivity contribution in [3.63, 3.8) is 0 Å². The van der Waals surface area contributed by atoms with Crippen molar-refractivity contribution >= 4 is 11.7 Å². The van der Waals surface area contributed by atoms with Crippen LogP contribution in [0, 0.1) is 5.92 Å². The second kappa shape index (κ2) is 8.70. The third-order valence-corrected chi connectivity index (χ3v) is 4.77. The summed E-state index contributed by atoms with van der Waals surface area (Å²) in [4.78, 5) is 21.0. The number of likely N-dealkylation sites (tertiary alicyclic amines) is 1. The molecule has 0 spiro atoms. The number of amides is 1. The first-order valence-corrected chi connectivity index (χ1v) is 9.28. The van der Waals surface area contributed by atoms with E-state index in [0.717, 1.165) is 37.6 Å². The lowest BCUT2D eigenvalue weighted by molar-refractivity contribution is 0.0682. The molecule has 0 bridgehead atoms. The SMILES string of the molecule is CC1CCCN(C(=O)c2ccc(N(C)CCOc3ccccc3)nc2)C1. The average molecular weight is 353 g/mol. The van der Waals surface area contributed by atoms with Crippen molar-refractivity contribution in [3.8, 4) is 5.75 Å². The van der Waals surface area contributed by atoms with Crippen molar-refractivity contribution < 1.29 is 9.53 Å². The Morgan fingerprint density at radius 1 is 1.27 bits per heavy atom. The number of piperidine rings is 1. The number of aromatic nitrogens is 1. The van der Waals surface area contributed by atoms with E-state index in [0.29, 0.717) is 18.1 Å². The van der Waals surface area contributed by atoms with Crippen LogP contribution in [0.5, 0.6) is 5.75 Å². The maximum Gasteiger partial charge on any atom is 0.255 e. The lowest BCUT2D eigenvalue weighted by Crippen LogP contribution is -2.39. The first kappa shape index (κ1) is 18.2. The van der Waals surface area contributed by atoms with Crippen LogP contribution in [-0.2, 0) is 0 Å². The van der Waals surface area contributed by atoms with Crippen LogP contribution in [0.1, 0.15) is 30.1 Å². The van der Waals surface area contributed by atoms with E-state index in [-0.39, 0.29) is 5.91 Å². The van der Waals surface area contributed by atoms with E-state index in [1.807, 2.05) is 59.3 Å². The molecule has 1 saturated heterocycles. The van der Waals surface area contributed by atoms with Gasteiger partial charge in [-0.3, -0.25) is 4.79 Å². The Morgan fingerprint density at radius 3 is 2.77 bits per heavy atom. The lowest BCUT2D eigenvalue weighted by Gasteiger charge is -2.31. The Balaban J connectivity index is 1.52. The normalized spacial score (nSPS) is 17.0. The van der Waals surface area contributed by atoms with Crippen molar-refractivity contribution in [2.24, 2.45) is 5.92 Å². The standard InChI is InChI=1S/C21H27N3O2/c1-17-7-6-12-24(16-17)21(25)18-10-11-20(22-15-18)23(2)13-14-26-19-8-4-3-5-9-19/h3-5,8-11,15,17H,6-7,12-14,16H2,1-2H3. The van der Waals surface area contributed by atoms with Gasteiger partial charge in [0.05, 0.1) is 12.1 Å². The van der Waals surface area contributed by atoms with Gasteiger partial charge in [-0.15, -0.1) is 0 Å². The maximum absolute atomic E-state index is 12.6. The fraction of sp³-hybridized carbons (Fsp3) is 0.429. The number of hydrogen-bond donors (Lipinski definition) is 0. The van der Waals surface area contributed by atoms with Crippen molar-refractivity contribution in [3.05, 3.63) is 54.2 Å². The molecule has 1 atom stereocenters. The minimum atomic E-state index is 0.0886. The molecule has 1 unspecified atom stereocenters. The summed E-state index contributed by atoms with van der Waals surface area (Å²) in [6, 6.07) is 13.6. The van der Waals surface area contributed by atoms with Gasteiger partial charge in [0.1, 0.15) is 18.2 Å². The Bertz CT molecular complexity index is 703. The summed E-state index contributed by atoms with van der Waals surface area (Å²) in [6.07, 6.45) is 3.98. The third kappa shape index (κ3) is 4.75. The molecule has 1 aliphatic rings. The van der Waals surface area contributed by atoms with Crippen LogP contribution in [0.4, 0.5) is 5.82 Å². The van der Waals surface area contributed by atoms with Crippen molar-refractivity contribution in [1.82, 2.24) is 9.88 Å². The highest BCUT2D eigenvalue weighted by Gasteiger charge is 2.22. The van der Waals surface area contributed by atoms with E-state index in [9.17, 15) is 4.79 Å². The molecule has 138 valence electrons. The van der Waals surface area contributed by atoms with E-state index in [1.165, 1.54) is 6.42 Å². The molecule has 2 heterocycles. The Kier molecular flexibility index (Phi) is 6.10. The molecule has 5 nitrogen and oxygen atoms in total. The van der Waals surface area contributed by atoms with Crippen molar-refractivity contribution in [1.29, 1.82) is 0 Å². The van der Waals surface area contributed by atoms with Gasteiger partial charge in [0, 0.05) is 26.3 Å². The number of anilines is 1.